The number of tetrazole rings is 1. The number of carbonyl (C=O) groups is 1. The summed E-state index contributed by atoms with van der Waals surface area (Å²) in [6, 6.07) is 6.00. The monoisotopic (exact) mass is 440 g/mol. The number of carbonyl (C=O) groups excluding carboxylic acids is 1. The third-order valence-corrected chi connectivity index (χ3v) is 3.87. The Morgan fingerprint density at radius 1 is 1.26 bits per heavy atom. The Morgan fingerprint density at radius 2 is 2.00 bits per heavy atom. The minimum absolute atomic E-state index is 0.0345. The first-order chi connectivity index (χ1) is 14.5. The summed E-state index contributed by atoms with van der Waals surface area (Å²) in [5, 5.41) is 24.2. The largest absolute Gasteiger partial charge is 0.484 e. The molecular weight excluding hydrogens is 428 g/mol. The van der Waals surface area contributed by atoms with E-state index < -0.39 is 46.4 Å². The molecule has 0 saturated heterocycles. The van der Waals surface area contributed by atoms with Crippen LogP contribution in [-0.4, -0.2) is 43.8 Å². The summed E-state index contributed by atoms with van der Waals surface area (Å²) in [4.78, 5) is 23.0. The number of ether oxygens (including phenoxy) is 1. The van der Waals surface area contributed by atoms with Gasteiger partial charge in [0.05, 0.1) is 4.92 Å². The van der Waals surface area contributed by atoms with Crippen molar-refractivity contribution < 1.29 is 32.0 Å². The van der Waals surface area contributed by atoms with Crippen molar-refractivity contribution in [3.05, 3.63) is 63.7 Å². The number of nitro groups is 1. The highest BCUT2D eigenvalue weighted by molar-refractivity contribution is 6.07. The molecule has 2 aromatic carbocycles. The zero-order valence-corrected chi connectivity index (χ0v) is 15.6. The fourth-order valence-electron chi connectivity index (χ4n) is 2.52. The number of hydrogen-bond donors (Lipinski definition) is 1. The van der Waals surface area contributed by atoms with E-state index in [0.29, 0.717) is 0 Å². The summed E-state index contributed by atoms with van der Waals surface area (Å²) >= 11 is 0. The molecule has 10 nitrogen and oxygen atoms in total. The van der Waals surface area contributed by atoms with Crippen LogP contribution in [0.1, 0.15) is 16.2 Å². The highest BCUT2D eigenvalue weighted by Crippen LogP contribution is 2.27. The second kappa shape index (κ2) is 8.33. The normalized spacial score (nSPS) is 11.3. The third kappa shape index (κ3) is 5.09. The van der Waals surface area contributed by atoms with Gasteiger partial charge in [0, 0.05) is 11.8 Å². The first-order valence-corrected chi connectivity index (χ1v) is 8.39. The second-order valence-electron chi connectivity index (χ2n) is 6.10. The fraction of sp³-hybridized carbons (Fsp3) is 0.176. The van der Waals surface area contributed by atoms with Crippen molar-refractivity contribution in [2.24, 2.45) is 0 Å². The summed E-state index contributed by atoms with van der Waals surface area (Å²) in [5.41, 5.74) is -1.27. The molecular formula is C17H12F4N6O4. The highest BCUT2D eigenvalue weighted by Gasteiger charge is 2.29. The molecule has 1 aromatic heterocycles. The predicted octanol–water partition coefficient (Wildman–Crippen LogP) is 3.21. The maximum atomic E-state index is 14.2. The van der Waals surface area contributed by atoms with Crippen LogP contribution in [0.4, 0.5) is 28.9 Å². The molecule has 0 aliphatic carbocycles. The Morgan fingerprint density at radius 3 is 2.61 bits per heavy atom. The average Bonchev–Trinajstić information content (AvgIpc) is 3.12. The summed E-state index contributed by atoms with van der Waals surface area (Å²) in [7, 11) is 0. The van der Waals surface area contributed by atoms with Crippen molar-refractivity contribution in [1.82, 2.24) is 20.2 Å². The number of amides is 1. The molecule has 1 amide bonds. The molecule has 0 bridgehead atoms. The second-order valence-corrected chi connectivity index (χ2v) is 6.10. The van der Waals surface area contributed by atoms with Crippen molar-refractivity contribution in [2.75, 3.05) is 11.9 Å². The molecule has 0 atom stereocenters. The van der Waals surface area contributed by atoms with Gasteiger partial charge in [0.2, 0.25) is 0 Å². The quantitative estimate of drug-likeness (QED) is 0.354. The minimum atomic E-state index is -4.64. The van der Waals surface area contributed by atoms with Crippen LogP contribution in [0, 0.1) is 22.9 Å². The van der Waals surface area contributed by atoms with E-state index in [1.54, 1.807) is 0 Å². The van der Waals surface area contributed by atoms with E-state index in [-0.39, 0.29) is 17.2 Å². The van der Waals surface area contributed by atoms with Gasteiger partial charge in [-0.15, -0.1) is 5.10 Å². The Hall–Kier alpha value is -4.10. The van der Waals surface area contributed by atoms with E-state index in [9.17, 15) is 32.5 Å². The third-order valence-electron chi connectivity index (χ3n) is 3.87. The van der Waals surface area contributed by atoms with E-state index in [2.05, 4.69) is 25.6 Å². The first-order valence-electron chi connectivity index (χ1n) is 8.39. The molecule has 1 heterocycles. The van der Waals surface area contributed by atoms with Gasteiger partial charge in [-0.05, 0) is 47.7 Å². The SMILES string of the molecule is Cc1nnnn1-c1cc(NC(=O)c2cc(OCC(F)(F)F)ccc2[N+](=O)[O-])ccc1F. The molecule has 3 rings (SSSR count). The van der Waals surface area contributed by atoms with Gasteiger partial charge in [-0.1, -0.05) is 0 Å². The standard InChI is InChI=1S/C17H12F4N6O4/c1-9-23-24-25-26(9)15-6-10(2-4-13(15)18)22-16(28)12-7-11(31-8-17(19,20)21)3-5-14(12)27(29)30/h2-7H,8H2,1H3,(H,22,28). The summed E-state index contributed by atoms with van der Waals surface area (Å²) < 4.78 is 56.8. The summed E-state index contributed by atoms with van der Waals surface area (Å²) in [6.07, 6.45) is -4.64. The molecule has 0 saturated carbocycles. The Balaban J connectivity index is 1.90. The fourth-order valence-corrected chi connectivity index (χ4v) is 2.52. The summed E-state index contributed by atoms with van der Waals surface area (Å²) in [5.74, 6) is -1.86. The van der Waals surface area contributed by atoms with Gasteiger partial charge in [0.25, 0.3) is 11.6 Å². The number of rotatable bonds is 6. The lowest BCUT2D eigenvalue weighted by molar-refractivity contribution is -0.385. The number of halogens is 4. The molecule has 0 fully saturated rings. The first kappa shape index (κ1) is 21.6. The molecule has 0 aliphatic heterocycles. The van der Waals surface area contributed by atoms with Crippen molar-refractivity contribution in [1.29, 1.82) is 0 Å². The number of nitrogens with one attached hydrogen (secondary N) is 1. The van der Waals surface area contributed by atoms with Gasteiger partial charge >= 0.3 is 6.18 Å². The highest BCUT2D eigenvalue weighted by atomic mass is 19.4. The topological polar surface area (TPSA) is 125 Å². The van der Waals surface area contributed by atoms with Gasteiger partial charge in [-0.2, -0.15) is 17.9 Å². The number of hydrogen-bond acceptors (Lipinski definition) is 7. The lowest BCUT2D eigenvalue weighted by Gasteiger charge is -2.12. The number of anilines is 1. The van der Waals surface area contributed by atoms with Crippen LogP contribution in [0.5, 0.6) is 5.75 Å². The van der Waals surface area contributed by atoms with Crippen molar-refractivity contribution in [3.8, 4) is 11.4 Å². The van der Waals surface area contributed by atoms with E-state index in [1.165, 1.54) is 19.1 Å². The molecule has 31 heavy (non-hydrogen) atoms. The molecule has 0 unspecified atom stereocenters. The van der Waals surface area contributed by atoms with Crippen molar-refractivity contribution >= 4 is 17.3 Å². The average molecular weight is 440 g/mol. The molecule has 14 heteroatoms. The van der Waals surface area contributed by atoms with E-state index in [0.717, 1.165) is 28.9 Å². The minimum Gasteiger partial charge on any atom is -0.484 e. The number of aryl methyl sites for hydroxylation is 1. The van der Waals surface area contributed by atoms with Crippen LogP contribution in [0.25, 0.3) is 5.69 Å². The van der Waals surface area contributed by atoms with Crippen molar-refractivity contribution in [2.45, 2.75) is 13.1 Å². The Bertz CT molecular complexity index is 1150. The number of nitro benzene ring substituents is 1. The van der Waals surface area contributed by atoms with Crippen LogP contribution in [0.3, 0.4) is 0 Å². The molecule has 162 valence electrons. The van der Waals surface area contributed by atoms with Gasteiger partial charge in [0.1, 0.15) is 22.8 Å². The van der Waals surface area contributed by atoms with E-state index in [1.807, 2.05) is 0 Å². The number of benzene rings is 2. The molecule has 0 aliphatic rings. The lowest BCUT2D eigenvalue weighted by atomic mass is 10.1. The van der Waals surface area contributed by atoms with Crippen molar-refractivity contribution in [3.63, 3.8) is 0 Å². The van der Waals surface area contributed by atoms with Crippen LogP contribution in [-0.2, 0) is 0 Å². The zero-order valence-electron chi connectivity index (χ0n) is 15.6. The number of alkyl halides is 3. The zero-order chi connectivity index (χ0) is 22.8. The van der Waals surface area contributed by atoms with Gasteiger partial charge < -0.3 is 10.1 Å². The molecule has 0 spiro atoms. The van der Waals surface area contributed by atoms with Gasteiger partial charge in [0.15, 0.2) is 12.4 Å². The molecule has 0 radical (unpaired) electrons. The summed E-state index contributed by atoms with van der Waals surface area (Å²) in [6.45, 7) is -0.126. The Labute approximate surface area is 170 Å². The van der Waals surface area contributed by atoms with E-state index in [4.69, 9.17) is 0 Å². The maximum Gasteiger partial charge on any atom is 0.422 e. The Kier molecular flexibility index (Phi) is 5.81. The lowest BCUT2D eigenvalue weighted by Crippen LogP contribution is -2.20. The van der Waals surface area contributed by atoms with Gasteiger partial charge in [-0.25, -0.2) is 4.39 Å². The number of nitrogens with zero attached hydrogens (tertiary/aromatic N) is 5. The van der Waals surface area contributed by atoms with Crippen LogP contribution >= 0.6 is 0 Å². The van der Waals surface area contributed by atoms with Crippen LogP contribution in [0.2, 0.25) is 0 Å². The van der Waals surface area contributed by atoms with Crippen LogP contribution in [0.15, 0.2) is 36.4 Å². The molecule has 1 N–H and O–H groups in total. The smallest absolute Gasteiger partial charge is 0.422 e. The maximum absolute atomic E-state index is 14.2. The van der Waals surface area contributed by atoms with Crippen LogP contribution < -0.4 is 10.1 Å². The number of aromatic nitrogens is 4. The predicted molar refractivity (Wildman–Crippen MR) is 96.4 cm³/mol. The molecule has 3 aromatic rings. The van der Waals surface area contributed by atoms with E-state index >= 15 is 0 Å². The van der Waals surface area contributed by atoms with Gasteiger partial charge in [-0.3, -0.25) is 14.9 Å².